The predicted octanol–water partition coefficient (Wildman–Crippen LogP) is 5.08. The Kier molecular flexibility index (Phi) is 6.20. The van der Waals surface area contributed by atoms with Crippen molar-refractivity contribution in [2.45, 2.75) is 17.4 Å². The quantitative estimate of drug-likeness (QED) is 0.541. The molecule has 160 valence electrons. The van der Waals surface area contributed by atoms with E-state index in [1.165, 1.54) is 28.6 Å². The predicted molar refractivity (Wildman–Crippen MR) is 118 cm³/mol. The molecule has 1 heterocycles. The average Bonchev–Trinajstić information content (AvgIpc) is 3.21. The number of nitrogens with one attached hydrogen (secondary N) is 1. The summed E-state index contributed by atoms with van der Waals surface area (Å²) in [6, 6.07) is 20.0. The summed E-state index contributed by atoms with van der Waals surface area (Å²) >= 11 is 5.99. The van der Waals surface area contributed by atoms with Crippen LogP contribution in [-0.2, 0) is 19.4 Å². The monoisotopic (exact) mass is 458 g/mol. The number of halogens is 2. The van der Waals surface area contributed by atoms with Crippen LogP contribution >= 0.6 is 11.6 Å². The molecule has 0 bridgehead atoms. The highest BCUT2D eigenvalue weighted by atomic mass is 35.5. The summed E-state index contributed by atoms with van der Waals surface area (Å²) in [6.45, 7) is 0.0195. The maximum Gasteiger partial charge on any atom is 0.229 e. The van der Waals surface area contributed by atoms with Crippen LogP contribution in [0.1, 0.15) is 18.0 Å². The van der Waals surface area contributed by atoms with Gasteiger partial charge >= 0.3 is 0 Å². The second-order valence-corrected chi connectivity index (χ2v) is 9.71. The first-order valence-electron chi connectivity index (χ1n) is 9.73. The number of rotatable bonds is 5. The molecule has 4 rings (SSSR count). The summed E-state index contributed by atoms with van der Waals surface area (Å²) in [5.41, 5.74) is 1.18. The van der Waals surface area contributed by atoms with Gasteiger partial charge in [0.2, 0.25) is 5.91 Å². The van der Waals surface area contributed by atoms with Gasteiger partial charge < -0.3 is 9.87 Å². The lowest BCUT2D eigenvalue weighted by atomic mass is 9.99. The molecular weight excluding hydrogens is 439 g/mol. The van der Waals surface area contributed by atoms with Crippen molar-refractivity contribution in [3.8, 4) is 0 Å². The van der Waals surface area contributed by atoms with Crippen LogP contribution in [0.25, 0.3) is 0 Å². The summed E-state index contributed by atoms with van der Waals surface area (Å²) in [5, 5.41) is 3.30. The van der Waals surface area contributed by atoms with Crippen LogP contribution in [0.5, 0.6) is 0 Å². The Morgan fingerprint density at radius 2 is 1.77 bits per heavy atom. The van der Waals surface area contributed by atoms with Crippen molar-refractivity contribution in [3.63, 3.8) is 0 Å². The van der Waals surface area contributed by atoms with Crippen LogP contribution in [0.15, 0.2) is 83.8 Å². The maximum absolute atomic E-state index is 13.4. The van der Waals surface area contributed by atoms with E-state index in [-0.39, 0.29) is 23.8 Å². The van der Waals surface area contributed by atoms with Crippen molar-refractivity contribution >= 4 is 33.6 Å². The average molecular weight is 459 g/mol. The SMILES string of the molecule is O=C(Nc1cccc(Cl)c1)[C@@H]1C[C@@H](c2ccc(F)cc2)N([S+](=O)([O-])c2ccccc2)C1. The molecule has 1 fully saturated rings. The zero-order valence-corrected chi connectivity index (χ0v) is 18.0. The molecule has 0 spiro atoms. The topological polar surface area (TPSA) is 72.5 Å². The van der Waals surface area contributed by atoms with Crippen LogP contribution in [-0.4, -0.2) is 21.3 Å². The zero-order chi connectivity index (χ0) is 22.0. The fourth-order valence-electron chi connectivity index (χ4n) is 3.79. The molecule has 8 heteroatoms. The van der Waals surface area contributed by atoms with Crippen molar-refractivity contribution < 1.29 is 17.9 Å². The van der Waals surface area contributed by atoms with E-state index >= 15 is 0 Å². The van der Waals surface area contributed by atoms with E-state index in [0.29, 0.717) is 16.3 Å². The van der Waals surface area contributed by atoms with Gasteiger partial charge in [-0.1, -0.05) is 52.2 Å². The summed E-state index contributed by atoms with van der Waals surface area (Å²) in [7, 11) is -3.85. The van der Waals surface area contributed by atoms with E-state index in [0.717, 1.165) is 0 Å². The Hall–Kier alpha value is -2.58. The minimum atomic E-state index is -3.85. The molecule has 0 aliphatic carbocycles. The van der Waals surface area contributed by atoms with Gasteiger partial charge in [-0.05, 0) is 54.4 Å². The molecule has 5 nitrogen and oxygen atoms in total. The van der Waals surface area contributed by atoms with Crippen molar-refractivity contribution in [2.24, 2.45) is 5.92 Å². The molecule has 1 N–H and O–H groups in total. The van der Waals surface area contributed by atoms with Gasteiger partial charge in [-0.25, -0.2) is 4.39 Å². The van der Waals surface area contributed by atoms with Crippen LogP contribution < -0.4 is 5.32 Å². The summed E-state index contributed by atoms with van der Waals surface area (Å²) < 4.78 is 41.5. The van der Waals surface area contributed by atoms with Crippen LogP contribution in [0.4, 0.5) is 10.1 Å². The van der Waals surface area contributed by atoms with E-state index in [2.05, 4.69) is 5.32 Å². The number of nitrogens with zero attached hydrogens (tertiary/aromatic N) is 1. The molecule has 1 saturated heterocycles. The van der Waals surface area contributed by atoms with Crippen LogP contribution in [0, 0.1) is 11.7 Å². The van der Waals surface area contributed by atoms with E-state index < -0.39 is 28.2 Å². The first-order valence-corrected chi connectivity index (χ1v) is 11.6. The number of sulfonamides is 1. The molecule has 1 aliphatic heterocycles. The highest BCUT2D eigenvalue weighted by Crippen LogP contribution is 2.41. The third-order valence-electron chi connectivity index (χ3n) is 5.32. The molecule has 3 aromatic rings. The Bertz CT molecular complexity index is 1130. The third-order valence-corrected chi connectivity index (χ3v) is 7.45. The number of anilines is 1. The number of benzene rings is 3. The summed E-state index contributed by atoms with van der Waals surface area (Å²) in [5.74, 6) is -1.28. The van der Waals surface area contributed by atoms with Crippen LogP contribution in [0.2, 0.25) is 5.02 Å². The van der Waals surface area contributed by atoms with Gasteiger partial charge in [-0.3, -0.25) is 4.79 Å². The second kappa shape index (κ2) is 8.88. The lowest BCUT2D eigenvalue weighted by Crippen LogP contribution is -2.37. The Morgan fingerprint density at radius 1 is 1.06 bits per heavy atom. The van der Waals surface area contributed by atoms with Crippen LogP contribution in [0.3, 0.4) is 0 Å². The van der Waals surface area contributed by atoms with Crippen molar-refractivity contribution in [1.29, 1.82) is 0 Å². The second-order valence-electron chi connectivity index (χ2n) is 7.39. The fraction of sp³-hybridized carbons (Fsp3) is 0.174. The molecule has 1 unspecified atom stereocenters. The highest BCUT2D eigenvalue weighted by molar-refractivity contribution is 7.95. The minimum absolute atomic E-state index is 0.0195. The summed E-state index contributed by atoms with van der Waals surface area (Å²) in [6.07, 6.45) is 0.282. The number of hydrogen-bond acceptors (Lipinski definition) is 3. The van der Waals surface area contributed by atoms with E-state index in [9.17, 15) is 17.9 Å². The molecule has 31 heavy (non-hydrogen) atoms. The lowest BCUT2D eigenvalue weighted by molar-refractivity contribution is -0.119. The zero-order valence-electron chi connectivity index (χ0n) is 16.4. The van der Waals surface area contributed by atoms with Gasteiger partial charge in [-0.2, -0.15) is 0 Å². The van der Waals surface area contributed by atoms with Crippen molar-refractivity contribution in [3.05, 3.63) is 95.3 Å². The van der Waals surface area contributed by atoms with Gasteiger partial charge in [0.15, 0.2) is 15.3 Å². The standard InChI is InChI=1S/C23H20ClFN2O3S/c24-18-5-4-6-20(14-18)26-23(28)17-13-22(16-9-11-19(25)12-10-16)27(15-17)31(29,30)21-7-2-1-3-8-21/h1-12,14,17,22H,13,15H2,(H-,26,28,29,30)/t17-,22+/m1/s1. The fourth-order valence-corrected chi connectivity index (χ4v) is 5.67. The largest absolute Gasteiger partial charge is 0.593 e. The number of amides is 1. The molecule has 1 aliphatic rings. The first-order chi connectivity index (χ1) is 14.8. The Morgan fingerprint density at radius 3 is 2.45 bits per heavy atom. The number of carbonyl (C=O) groups is 1. The van der Waals surface area contributed by atoms with Gasteiger partial charge in [0.25, 0.3) is 0 Å². The van der Waals surface area contributed by atoms with Crippen molar-refractivity contribution in [2.75, 3.05) is 11.9 Å². The number of hydrogen-bond donors (Lipinski definition) is 1. The van der Waals surface area contributed by atoms with Gasteiger partial charge in [0, 0.05) is 10.7 Å². The van der Waals surface area contributed by atoms with Gasteiger partial charge in [-0.15, -0.1) is 4.31 Å². The van der Waals surface area contributed by atoms with Gasteiger partial charge in [0.05, 0.1) is 18.5 Å². The molecule has 0 radical (unpaired) electrons. The first kappa shape index (κ1) is 21.6. The minimum Gasteiger partial charge on any atom is -0.593 e. The molecule has 0 aromatic heterocycles. The molecule has 3 aromatic carbocycles. The summed E-state index contributed by atoms with van der Waals surface area (Å²) in [4.78, 5) is 13.1. The third kappa shape index (κ3) is 4.70. The molecule has 0 saturated carbocycles. The van der Waals surface area contributed by atoms with Crippen molar-refractivity contribution in [1.82, 2.24) is 4.31 Å². The molecular formula is C23H20ClFN2O3S. The molecule has 3 atom stereocenters. The normalized spacial score (nSPS) is 20.9. The smallest absolute Gasteiger partial charge is 0.229 e. The lowest BCUT2D eigenvalue weighted by Gasteiger charge is -2.28. The Balaban J connectivity index is 1.64. The highest BCUT2D eigenvalue weighted by Gasteiger charge is 2.47. The Labute approximate surface area is 186 Å². The van der Waals surface area contributed by atoms with E-state index in [1.807, 2.05) is 0 Å². The number of carbonyl (C=O) groups excluding carboxylic acids is 1. The maximum atomic E-state index is 13.4. The van der Waals surface area contributed by atoms with Gasteiger partial charge in [0.1, 0.15) is 5.82 Å². The van der Waals surface area contributed by atoms with E-state index in [4.69, 9.17) is 11.6 Å². The van der Waals surface area contributed by atoms with E-state index in [1.54, 1.807) is 54.6 Å². The molecule has 1 amide bonds.